The van der Waals surface area contributed by atoms with E-state index in [0.717, 1.165) is 32.1 Å². The van der Waals surface area contributed by atoms with Gasteiger partial charge in [-0.15, -0.1) is 0 Å². The van der Waals surface area contributed by atoms with E-state index in [2.05, 4.69) is 19.9 Å². The Kier molecular flexibility index (Phi) is 19.0. The number of esters is 2. The van der Waals surface area contributed by atoms with Crippen molar-refractivity contribution >= 4 is 11.9 Å². The van der Waals surface area contributed by atoms with Gasteiger partial charge in [0, 0.05) is 0 Å². The second-order valence-electron chi connectivity index (χ2n) is 10.3. The third-order valence-corrected chi connectivity index (χ3v) is 7.09. The first kappa shape index (κ1) is 30.7. The molecule has 0 radical (unpaired) electrons. The Morgan fingerprint density at radius 1 is 0.676 bits per heavy atom. The van der Waals surface area contributed by atoms with Crippen LogP contribution in [0.25, 0.3) is 0 Å². The third kappa shape index (κ3) is 14.8. The van der Waals surface area contributed by atoms with Gasteiger partial charge in [-0.2, -0.15) is 0 Å². The zero-order valence-corrected chi connectivity index (χ0v) is 22.7. The third-order valence-electron chi connectivity index (χ3n) is 7.09. The molecular weight excluding hydrogens is 424 g/mol. The van der Waals surface area contributed by atoms with Crippen molar-refractivity contribution in [3.63, 3.8) is 0 Å². The molecule has 0 aromatic rings. The summed E-state index contributed by atoms with van der Waals surface area (Å²) < 4.78 is 11.3. The topological polar surface area (TPSA) is 52.6 Å². The molecule has 4 heteroatoms. The van der Waals surface area contributed by atoms with Crippen molar-refractivity contribution in [3.05, 3.63) is 11.6 Å². The molecule has 2 unspecified atom stereocenters. The van der Waals surface area contributed by atoms with Gasteiger partial charge in [0.15, 0.2) is 0 Å². The number of hydrogen-bond acceptors (Lipinski definition) is 4. The Morgan fingerprint density at radius 2 is 1.09 bits per heavy atom. The average Bonchev–Trinajstić information content (AvgIpc) is 3.03. The summed E-state index contributed by atoms with van der Waals surface area (Å²) in [5, 5.41) is 0. The lowest BCUT2D eigenvalue weighted by Crippen LogP contribution is -2.32. The zero-order valence-electron chi connectivity index (χ0n) is 22.7. The van der Waals surface area contributed by atoms with E-state index >= 15 is 0 Å². The van der Waals surface area contributed by atoms with Crippen LogP contribution in [0.2, 0.25) is 0 Å². The normalized spacial score (nSPS) is 18.3. The summed E-state index contributed by atoms with van der Waals surface area (Å²) >= 11 is 0. The van der Waals surface area contributed by atoms with Gasteiger partial charge in [0.1, 0.15) is 0 Å². The molecule has 0 aliphatic heterocycles. The van der Waals surface area contributed by atoms with E-state index in [0.29, 0.717) is 26.1 Å². The maximum atomic E-state index is 12.9. The number of unbranched alkanes of at least 4 members (excludes halogenated alkanes) is 14. The van der Waals surface area contributed by atoms with Gasteiger partial charge in [-0.3, -0.25) is 9.59 Å². The molecule has 2 atom stereocenters. The van der Waals surface area contributed by atoms with Crippen LogP contribution in [0.1, 0.15) is 143 Å². The van der Waals surface area contributed by atoms with E-state index in [9.17, 15) is 9.59 Å². The average molecular weight is 479 g/mol. The summed E-state index contributed by atoms with van der Waals surface area (Å²) in [7, 11) is 0. The second kappa shape index (κ2) is 21.0. The van der Waals surface area contributed by atoms with Gasteiger partial charge in [-0.25, -0.2) is 0 Å². The van der Waals surface area contributed by atoms with Crippen LogP contribution in [0.4, 0.5) is 0 Å². The lowest BCUT2D eigenvalue weighted by molar-refractivity contribution is -0.161. The molecular formula is C30H54O4. The fourth-order valence-electron chi connectivity index (χ4n) is 4.84. The standard InChI is InChI=1S/C30H54O4/c1-4-6-8-10-12-14-16-18-23-33-29(31)27-22-20-21-26(3)25-28(27)30(32)34-24-19-17-15-13-11-9-7-5-2/h21,27-28H,4-20,22-25H2,1-3H3. The van der Waals surface area contributed by atoms with E-state index in [1.807, 2.05) is 6.92 Å². The van der Waals surface area contributed by atoms with Crippen LogP contribution >= 0.6 is 0 Å². The monoisotopic (exact) mass is 478 g/mol. The summed E-state index contributed by atoms with van der Waals surface area (Å²) in [6.07, 6.45) is 23.7. The fraction of sp³-hybridized carbons (Fsp3) is 0.867. The smallest absolute Gasteiger partial charge is 0.310 e. The van der Waals surface area contributed by atoms with E-state index in [1.54, 1.807) is 0 Å². The molecule has 0 amide bonds. The van der Waals surface area contributed by atoms with Crippen LogP contribution in [0.5, 0.6) is 0 Å². The Labute approximate surface area is 210 Å². The van der Waals surface area contributed by atoms with Crippen LogP contribution in [-0.4, -0.2) is 25.2 Å². The minimum absolute atomic E-state index is 0.208. The van der Waals surface area contributed by atoms with Gasteiger partial charge in [-0.1, -0.05) is 115 Å². The van der Waals surface area contributed by atoms with Crippen molar-refractivity contribution in [2.45, 2.75) is 143 Å². The van der Waals surface area contributed by atoms with Crippen molar-refractivity contribution in [2.24, 2.45) is 11.8 Å². The summed E-state index contributed by atoms with van der Waals surface area (Å²) in [5.41, 5.74) is 1.17. The molecule has 1 rings (SSSR count). The molecule has 0 spiro atoms. The molecule has 198 valence electrons. The summed E-state index contributed by atoms with van der Waals surface area (Å²) in [6.45, 7) is 7.46. The first-order valence-corrected chi connectivity index (χ1v) is 14.6. The molecule has 1 aliphatic rings. The molecule has 0 saturated carbocycles. The first-order valence-electron chi connectivity index (χ1n) is 14.6. The molecule has 4 nitrogen and oxygen atoms in total. The quantitative estimate of drug-likeness (QED) is 0.0997. The highest BCUT2D eigenvalue weighted by molar-refractivity contribution is 5.82. The van der Waals surface area contributed by atoms with Crippen molar-refractivity contribution in [2.75, 3.05) is 13.2 Å². The van der Waals surface area contributed by atoms with Gasteiger partial charge in [0.05, 0.1) is 25.0 Å². The number of hydrogen-bond donors (Lipinski definition) is 0. The predicted octanol–water partition coefficient (Wildman–Crippen LogP) is 8.72. The van der Waals surface area contributed by atoms with E-state index < -0.39 is 5.92 Å². The zero-order chi connectivity index (χ0) is 24.9. The predicted molar refractivity (Wildman–Crippen MR) is 142 cm³/mol. The molecule has 0 aromatic carbocycles. The Bertz CT molecular complexity index is 554. The van der Waals surface area contributed by atoms with Crippen molar-refractivity contribution < 1.29 is 19.1 Å². The summed E-state index contributed by atoms with van der Waals surface area (Å²) in [4.78, 5) is 25.7. The molecule has 0 bridgehead atoms. The molecule has 0 aromatic heterocycles. The van der Waals surface area contributed by atoms with Crippen molar-refractivity contribution in [1.82, 2.24) is 0 Å². The number of rotatable bonds is 20. The van der Waals surface area contributed by atoms with Crippen LogP contribution in [0.15, 0.2) is 11.6 Å². The first-order chi connectivity index (χ1) is 16.6. The van der Waals surface area contributed by atoms with Crippen molar-refractivity contribution in [3.8, 4) is 0 Å². The Balaban J connectivity index is 2.30. The van der Waals surface area contributed by atoms with Gasteiger partial charge < -0.3 is 9.47 Å². The highest BCUT2D eigenvalue weighted by atomic mass is 16.5. The van der Waals surface area contributed by atoms with Crippen molar-refractivity contribution in [1.29, 1.82) is 0 Å². The number of allylic oxidation sites excluding steroid dienone is 2. The van der Waals surface area contributed by atoms with Crippen LogP contribution < -0.4 is 0 Å². The summed E-state index contributed by atoms with van der Waals surface area (Å²) in [6, 6.07) is 0. The molecule has 0 fully saturated rings. The van der Waals surface area contributed by atoms with Gasteiger partial charge in [0.25, 0.3) is 0 Å². The molecule has 1 aliphatic carbocycles. The number of carbonyl (C=O) groups excluding carboxylic acids is 2. The van der Waals surface area contributed by atoms with E-state index in [1.165, 1.54) is 82.6 Å². The maximum Gasteiger partial charge on any atom is 0.310 e. The minimum atomic E-state index is -0.404. The van der Waals surface area contributed by atoms with Crippen LogP contribution in [-0.2, 0) is 19.1 Å². The number of carbonyl (C=O) groups is 2. The Hall–Kier alpha value is -1.32. The lowest BCUT2D eigenvalue weighted by atomic mass is 9.86. The molecule has 0 saturated heterocycles. The van der Waals surface area contributed by atoms with E-state index in [4.69, 9.17) is 9.47 Å². The van der Waals surface area contributed by atoms with Gasteiger partial charge in [-0.05, 0) is 39.0 Å². The molecule has 0 heterocycles. The van der Waals surface area contributed by atoms with Gasteiger partial charge in [0.2, 0.25) is 0 Å². The van der Waals surface area contributed by atoms with Crippen LogP contribution in [0, 0.1) is 11.8 Å². The van der Waals surface area contributed by atoms with Crippen LogP contribution in [0.3, 0.4) is 0 Å². The fourth-order valence-corrected chi connectivity index (χ4v) is 4.84. The van der Waals surface area contributed by atoms with Gasteiger partial charge >= 0.3 is 11.9 Å². The highest BCUT2D eigenvalue weighted by Gasteiger charge is 2.36. The minimum Gasteiger partial charge on any atom is -0.465 e. The highest BCUT2D eigenvalue weighted by Crippen LogP contribution is 2.31. The second-order valence-corrected chi connectivity index (χ2v) is 10.3. The number of ether oxygens (including phenoxy) is 2. The summed E-state index contributed by atoms with van der Waals surface area (Å²) in [5.74, 6) is -1.21. The SMILES string of the molecule is CCCCCCCCCCOC(=O)C1CCC=C(C)CC1C(=O)OCCCCCCCCCC. The van der Waals surface area contributed by atoms with E-state index in [-0.39, 0.29) is 17.9 Å². The molecule has 34 heavy (non-hydrogen) atoms. The largest absolute Gasteiger partial charge is 0.465 e. The Morgan fingerprint density at radius 3 is 1.56 bits per heavy atom. The molecule has 0 N–H and O–H groups in total. The lowest BCUT2D eigenvalue weighted by Gasteiger charge is -2.23. The maximum absolute atomic E-state index is 12.9.